The van der Waals surface area contributed by atoms with E-state index in [1.54, 1.807) is 13.8 Å². The summed E-state index contributed by atoms with van der Waals surface area (Å²) in [5.41, 5.74) is 0. The van der Waals surface area contributed by atoms with E-state index in [-0.39, 0.29) is 49.1 Å². The smallest absolute Gasteiger partial charge is 1.00 e. The molecule has 0 N–H and O–H groups in total. The Morgan fingerprint density at radius 2 is 1.92 bits per heavy atom. The van der Waals surface area contributed by atoms with Crippen molar-refractivity contribution in [1.82, 2.24) is 0 Å². The van der Waals surface area contributed by atoms with Gasteiger partial charge in [-0.3, -0.25) is 10.1 Å². The summed E-state index contributed by atoms with van der Waals surface area (Å²) >= 11 is 0. The molecule has 1 heterocycles. The van der Waals surface area contributed by atoms with Gasteiger partial charge in [-0.05, 0) is 13.8 Å². The first-order chi connectivity index (χ1) is 5.01. The SMILES string of the molecule is CC1(C)OCC([N+](=O)[O-])CO1.[H-].[Na+]. The van der Waals surface area contributed by atoms with Gasteiger partial charge in [-0.1, -0.05) is 0 Å². The molecule has 0 bridgehead atoms. The van der Waals surface area contributed by atoms with Crippen molar-refractivity contribution in [1.29, 1.82) is 0 Å². The Labute approximate surface area is 94.3 Å². The molecule has 1 fully saturated rings. The summed E-state index contributed by atoms with van der Waals surface area (Å²) in [6.07, 6.45) is 0. The van der Waals surface area contributed by atoms with Crippen LogP contribution in [0.3, 0.4) is 0 Å². The molecule has 12 heavy (non-hydrogen) atoms. The zero-order valence-electron chi connectivity index (χ0n) is 8.57. The predicted octanol–water partition coefficient (Wildman–Crippen LogP) is -2.47. The number of hydrogen-bond donors (Lipinski definition) is 0. The Hall–Kier alpha value is 0.320. The summed E-state index contributed by atoms with van der Waals surface area (Å²) in [6, 6.07) is -0.706. The third kappa shape index (κ3) is 3.37. The van der Waals surface area contributed by atoms with Crippen LogP contribution in [0, 0.1) is 10.1 Å². The van der Waals surface area contributed by atoms with E-state index in [9.17, 15) is 10.1 Å². The van der Waals surface area contributed by atoms with Gasteiger partial charge in [0.05, 0.1) is 0 Å². The van der Waals surface area contributed by atoms with Crippen molar-refractivity contribution in [2.75, 3.05) is 13.2 Å². The standard InChI is InChI=1S/C6H11NO4.Na.H/c1-6(2)10-3-5(4-11-6)7(8)9;;/h5H,3-4H2,1-2H3;;/q;+1;-1. The van der Waals surface area contributed by atoms with Crippen molar-refractivity contribution in [3.8, 4) is 0 Å². The van der Waals surface area contributed by atoms with Crippen LogP contribution in [0.15, 0.2) is 0 Å². The van der Waals surface area contributed by atoms with Crippen LogP contribution in [-0.4, -0.2) is 30.0 Å². The summed E-state index contributed by atoms with van der Waals surface area (Å²) in [7, 11) is 0. The van der Waals surface area contributed by atoms with Crippen LogP contribution in [0.5, 0.6) is 0 Å². The van der Waals surface area contributed by atoms with E-state index in [1.807, 2.05) is 0 Å². The molecule has 0 saturated carbocycles. The number of rotatable bonds is 1. The van der Waals surface area contributed by atoms with E-state index in [4.69, 9.17) is 9.47 Å². The quantitative estimate of drug-likeness (QED) is 0.258. The van der Waals surface area contributed by atoms with Crippen LogP contribution in [0.25, 0.3) is 0 Å². The molecular weight excluding hydrogens is 173 g/mol. The van der Waals surface area contributed by atoms with E-state index in [1.165, 1.54) is 0 Å². The average Bonchev–Trinajstić information content (AvgIpc) is 1.86. The third-order valence-electron chi connectivity index (χ3n) is 1.54. The normalized spacial score (nSPS) is 22.8. The van der Waals surface area contributed by atoms with Gasteiger partial charge in [-0.2, -0.15) is 0 Å². The molecule has 0 aliphatic carbocycles. The van der Waals surface area contributed by atoms with Gasteiger partial charge in [-0.15, -0.1) is 0 Å². The fourth-order valence-electron chi connectivity index (χ4n) is 0.805. The van der Waals surface area contributed by atoms with Crippen LogP contribution in [0.4, 0.5) is 0 Å². The molecule has 1 aliphatic rings. The zero-order chi connectivity index (χ0) is 8.48. The first-order valence-electron chi connectivity index (χ1n) is 3.43. The molecule has 5 nitrogen and oxygen atoms in total. The maximum absolute atomic E-state index is 10.2. The topological polar surface area (TPSA) is 61.6 Å². The summed E-state index contributed by atoms with van der Waals surface area (Å²) in [5.74, 6) is -0.660. The van der Waals surface area contributed by atoms with Gasteiger partial charge in [0.25, 0.3) is 6.04 Å². The Morgan fingerprint density at radius 3 is 2.25 bits per heavy atom. The van der Waals surface area contributed by atoms with E-state index in [0.717, 1.165) is 0 Å². The minimum atomic E-state index is -0.706. The molecule has 0 aromatic heterocycles. The van der Waals surface area contributed by atoms with Gasteiger partial charge in [0.15, 0.2) is 5.79 Å². The van der Waals surface area contributed by atoms with Gasteiger partial charge in [0, 0.05) is 4.92 Å². The van der Waals surface area contributed by atoms with E-state index >= 15 is 0 Å². The van der Waals surface area contributed by atoms with E-state index in [0.29, 0.717) is 0 Å². The van der Waals surface area contributed by atoms with Crippen molar-refractivity contribution in [2.45, 2.75) is 25.7 Å². The second-order valence-corrected chi connectivity index (χ2v) is 2.96. The first kappa shape index (κ1) is 12.3. The molecule has 0 amide bonds. The Morgan fingerprint density at radius 1 is 1.50 bits per heavy atom. The molecule has 1 aliphatic heterocycles. The average molecular weight is 185 g/mol. The molecule has 0 aromatic rings. The van der Waals surface area contributed by atoms with Gasteiger partial charge in [-0.25, -0.2) is 0 Å². The summed E-state index contributed by atoms with van der Waals surface area (Å²) in [5, 5.41) is 10.2. The van der Waals surface area contributed by atoms with Crippen molar-refractivity contribution in [3.05, 3.63) is 10.1 Å². The fraction of sp³-hybridized carbons (Fsp3) is 1.00. The number of nitrogens with zero attached hydrogens (tertiary/aromatic N) is 1. The van der Waals surface area contributed by atoms with Crippen LogP contribution in [-0.2, 0) is 9.47 Å². The van der Waals surface area contributed by atoms with Crippen molar-refractivity contribution < 1.29 is 45.4 Å². The molecule has 0 unspecified atom stereocenters. The Balaban J connectivity index is 0. The zero-order valence-corrected chi connectivity index (χ0v) is 9.57. The van der Waals surface area contributed by atoms with Gasteiger partial charge in [0.1, 0.15) is 13.2 Å². The molecule has 0 spiro atoms. The second kappa shape index (κ2) is 4.53. The monoisotopic (exact) mass is 185 g/mol. The molecule has 0 aromatic carbocycles. The molecule has 66 valence electrons. The van der Waals surface area contributed by atoms with E-state index in [2.05, 4.69) is 0 Å². The van der Waals surface area contributed by atoms with Crippen LogP contribution in [0.1, 0.15) is 15.3 Å². The van der Waals surface area contributed by atoms with Gasteiger partial charge in [0.2, 0.25) is 0 Å². The first-order valence-corrected chi connectivity index (χ1v) is 3.43. The van der Waals surface area contributed by atoms with E-state index < -0.39 is 11.8 Å². The minimum Gasteiger partial charge on any atom is -1.00 e. The second-order valence-electron chi connectivity index (χ2n) is 2.96. The Bertz CT molecular complexity index is 168. The van der Waals surface area contributed by atoms with Crippen LogP contribution < -0.4 is 29.6 Å². The number of hydrogen-bond acceptors (Lipinski definition) is 4. The summed E-state index contributed by atoms with van der Waals surface area (Å²) < 4.78 is 10.2. The van der Waals surface area contributed by atoms with Crippen molar-refractivity contribution >= 4 is 0 Å². The molecule has 0 atom stereocenters. The Kier molecular flexibility index (Phi) is 4.65. The molecule has 1 rings (SSSR count). The maximum atomic E-state index is 10.2. The molecule has 1 saturated heterocycles. The largest absolute Gasteiger partial charge is 1.00 e. The predicted molar refractivity (Wildman–Crippen MR) is 37.9 cm³/mol. The van der Waals surface area contributed by atoms with Gasteiger partial charge < -0.3 is 10.9 Å². The van der Waals surface area contributed by atoms with Gasteiger partial charge >= 0.3 is 29.6 Å². The number of nitro groups is 1. The maximum Gasteiger partial charge on any atom is 1.00 e. The van der Waals surface area contributed by atoms with Crippen molar-refractivity contribution in [3.63, 3.8) is 0 Å². The van der Waals surface area contributed by atoms with Crippen LogP contribution >= 0.6 is 0 Å². The molecule has 0 radical (unpaired) electrons. The fourth-order valence-corrected chi connectivity index (χ4v) is 0.805. The third-order valence-corrected chi connectivity index (χ3v) is 1.54. The number of ether oxygens (including phenoxy) is 2. The van der Waals surface area contributed by atoms with Crippen LogP contribution in [0.2, 0.25) is 0 Å². The molecular formula is C6H12NNaO4. The molecule has 6 heteroatoms. The van der Waals surface area contributed by atoms with Crippen molar-refractivity contribution in [2.24, 2.45) is 0 Å². The summed E-state index contributed by atoms with van der Waals surface area (Å²) in [6.45, 7) is 3.76. The summed E-state index contributed by atoms with van der Waals surface area (Å²) in [4.78, 5) is 9.83. The minimum absolute atomic E-state index is 0.